The van der Waals surface area contributed by atoms with Crippen molar-refractivity contribution in [3.63, 3.8) is 0 Å². The van der Waals surface area contributed by atoms with Crippen LogP contribution in [0.3, 0.4) is 0 Å². The molecule has 14 heteroatoms. The maximum atomic E-state index is 13.2. The van der Waals surface area contributed by atoms with Crippen molar-refractivity contribution in [1.82, 2.24) is 5.32 Å². The minimum atomic E-state index is -4.77. The first-order chi connectivity index (χ1) is 20.0. The van der Waals surface area contributed by atoms with Crippen LogP contribution in [0, 0.1) is 12.3 Å². The smallest absolute Gasteiger partial charge is 0.402 e. The molecule has 0 unspecified atom stereocenters. The highest BCUT2D eigenvalue weighted by Gasteiger charge is 2.52. The van der Waals surface area contributed by atoms with Crippen LogP contribution in [0.2, 0.25) is 10.0 Å². The molecule has 0 bridgehead atoms. The van der Waals surface area contributed by atoms with E-state index < -0.39 is 42.3 Å². The summed E-state index contributed by atoms with van der Waals surface area (Å²) in [7, 11) is 0. The Hall–Kier alpha value is -3.90. The SMILES string of the molecule is Cc1cc(NC(=O)c2cc(NC(=O)c3cc(CNC(=O)C(C)(C)C(F)(F)F)ccc3Cl)ccc2OCC(F)F)ccc1Cl. The largest absolute Gasteiger partial charge is 0.487 e. The van der Waals surface area contributed by atoms with Gasteiger partial charge in [-0.05, 0) is 80.4 Å². The second-order valence-corrected chi connectivity index (χ2v) is 10.7. The van der Waals surface area contributed by atoms with E-state index in [0.29, 0.717) is 16.3 Å². The lowest BCUT2D eigenvalue weighted by molar-refractivity contribution is -0.211. The number of benzene rings is 3. The summed E-state index contributed by atoms with van der Waals surface area (Å²) in [6.45, 7) is 1.92. The molecule has 0 fully saturated rings. The molecular formula is C29H26Cl2F5N3O4. The first-order valence-corrected chi connectivity index (χ1v) is 13.3. The van der Waals surface area contributed by atoms with E-state index in [0.717, 1.165) is 13.8 Å². The molecule has 0 radical (unpaired) electrons. The molecule has 3 rings (SSSR count). The van der Waals surface area contributed by atoms with Crippen molar-refractivity contribution in [2.75, 3.05) is 17.2 Å². The Morgan fingerprint density at radius 1 is 0.837 bits per heavy atom. The molecule has 230 valence electrons. The number of anilines is 2. The van der Waals surface area contributed by atoms with Crippen LogP contribution < -0.4 is 20.7 Å². The summed E-state index contributed by atoms with van der Waals surface area (Å²) in [5, 5.41) is 7.83. The number of ether oxygens (including phenoxy) is 1. The van der Waals surface area contributed by atoms with Crippen molar-refractivity contribution < 1.29 is 41.1 Å². The molecule has 0 aliphatic rings. The summed E-state index contributed by atoms with van der Waals surface area (Å²) in [5.41, 5.74) is -1.47. The summed E-state index contributed by atoms with van der Waals surface area (Å²) in [5.74, 6) is -2.90. The van der Waals surface area contributed by atoms with Crippen molar-refractivity contribution >= 4 is 52.3 Å². The minimum Gasteiger partial charge on any atom is -0.487 e. The second-order valence-electron chi connectivity index (χ2n) is 9.90. The predicted molar refractivity (Wildman–Crippen MR) is 153 cm³/mol. The number of carbonyl (C=O) groups excluding carboxylic acids is 3. The van der Waals surface area contributed by atoms with Gasteiger partial charge in [-0.15, -0.1) is 0 Å². The number of nitrogens with one attached hydrogen (secondary N) is 3. The first-order valence-electron chi connectivity index (χ1n) is 12.6. The monoisotopic (exact) mass is 645 g/mol. The van der Waals surface area contributed by atoms with Crippen molar-refractivity contribution in [3.05, 3.63) is 86.9 Å². The van der Waals surface area contributed by atoms with E-state index in [9.17, 15) is 36.3 Å². The van der Waals surface area contributed by atoms with Crippen LogP contribution in [0.25, 0.3) is 0 Å². The van der Waals surface area contributed by atoms with Crippen LogP contribution in [-0.4, -0.2) is 36.9 Å². The summed E-state index contributed by atoms with van der Waals surface area (Å²) in [6.07, 6.45) is -7.58. The molecule has 0 aromatic heterocycles. The van der Waals surface area contributed by atoms with Crippen molar-refractivity contribution in [2.24, 2.45) is 5.41 Å². The van der Waals surface area contributed by atoms with Gasteiger partial charge in [0.15, 0.2) is 0 Å². The van der Waals surface area contributed by atoms with Crippen molar-refractivity contribution in [1.29, 1.82) is 0 Å². The number of carbonyl (C=O) groups is 3. The molecular weight excluding hydrogens is 620 g/mol. The van der Waals surface area contributed by atoms with Crippen LogP contribution in [0.4, 0.5) is 33.3 Å². The highest BCUT2D eigenvalue weighted by molar-refractivity contribution is 6.34. The van der Waals surface area contributed by atoms with E-state index in [4.69, 9.17) is 27.9 Å². The lowest BCUT2D eigenvalue weighted by Gasteiger charge is -2.26. The number of alkyl halides is 5. The zero-order chi connectivity index (χ0) is 32.1. The number of hydrogen-bond acceptors (Lipinski definition) is 4. The van der Waals surface area contributed by atoms with Crippen LogP contribution in [0.1, 0.15) is 45.7 Å². The third kappa shape index (κ3) is 8.57. The van der Waals surface area contributed by atoms with Crippen LogP contribution in [0.15, 0.2) is 54.6 Å². The second kappa shape index (κ2) is 13.6. The van der Waals surface area contributed by atoms with Gasteiger partial charge in [-0.2, -0.15) is 13.2 Å². The van der Waals surface area contributed by atoms with Gasteiger partial charge in [-0.25, -0.2) is 8.78 Å². The third-order valence-corrected chi connectivity index (χ3v) is 7.02. The number of halogens is 7. The Kier molecular flexibility index (Phi) is 10.6. The summed E-state index contributed by atoms with van der Waals surface area (Å²) in [6, 6.07) is 12.5. The Morgan fingerprint density at radius 2 is 1.42 bits per heavy atom. The fraction of sp³-hybridized carbons (Fsp3) is 0.276. The summed E-state index contributed by atoms with van der Waals surface area (Å²) < 4.78 is 70.2. The maximum Gasteiger partial charge on any atom is 0.402 e. The molecule has 3 amide bonds. The Labute approximate surface area is 253 Å². The zero-order valence-corrected chi connectivity index (χ0v) is 24.5. The average molecular weight is 646 g/mol. The minimum absolute atomic E-state index is 0.00356. The van der Waals surface area contributed by atoms with Gasteiger partial charge in [0.05, 0.1) is 16.1 Å². The molecule has 0 atom stereocenters. The standard InChI is InChI=1S/C29H26Cl2F5N3O4/c1-15-10-17(5-8-21(15)30)38-26(41)20-12-18(6-9-23(20)43-14-24(32)33)39-25(40)19-11-16(4-7-22(19)31)13-37-27(42)28(2,3)29(34,35)36/h4-12,24H,13-14H2,1-3H3,(H,37,42)(H,38,41)(H,39,40). The van der Waals surface area contributed by atoms with Crippen molar-refractivity contribution in [3.8, 4) is 5.75 Å². The first kappa shape index (κ1) is 33.6. The van der Waals surface area contributed by atoms with Gasteiger partial charge in [-0.1, -0.05) is 29.3 Å². The Bertz CT molecular complexity index is 1530. The highest BCUT2D eigenvalue weighted by atomic mass is 35.5. The lowest BCUT2D eigenvalue weighted by atomic mass is 9.91. The van der Waals surface area contributed by atoms with E-state index in [1.165, 1.54) is 36.4 Å². The maximum absolute atomic E-state index is 13.2. The van der Waals surface area contributed by atoms with Gasteiger partial charge in [-0.3, -0.25) is 14.4 Å². The normalized spacial score (nSPS) is 11.7. The lowest BCUT2D eigenvalue weighted by Crippen LogP contribution is -2.46. The van der Waals surface area contributed by atoms with E-state index in [2.05, 4.69) is 16.0 Å². The number of aryl methyl sites for hydroxylation is 1. The molecule has 0 spiro atoms. The Morgan fingerprint density at radius 3 is 2.02 bits per heavy atom. The van der Waals surface area contributed by atoms with Gasteiger partial charge in [0, 0.05) is 22.9 Å². The molecule has 0 aliphatic carbocycles. The molecule has 3 aromatic carbocycles. The van der Waals surface area contributed by atoms with Gasteiger partial charge in [0.1, 0.15) is 17.8 Å². The van der Waals surface area contributed by atoms with Gasteiger partial charge < -0.3 is 20.7 Å². The zero-order valence-electron chi connectivity index (χ0n) is 23.0. The number of rotatable bonds is 10. The molecule has 0 saturated heterocycles. The van der Waals surface area contributed by atoms with E-state index in [1.54, 1.807) is 25.1 Å². The number of amides is 3. The molecule has 7 nitrogen and oxygen atoms in total. The third-order valence-electron chi connectivity index (χ3n) is 6.27. The molecule has 43 heavy (non-hydrogen) atoms. The van der Waals surface area contributed by atoms with Crippen LogP contribution >= 0.6 is 23.2 Å². The topological polar surface area (TPSA) is 96.5 Å². The van der Waals surface area contributed by atoms with Gasteiger partial charge in [0.25, 0.3) is 18.2 Å². The Balaban J connectivity index is 1.82. The van der Waals surface area contributed by atoms with Gasteiger partial charge in [0.2, 0.25) is 5.91 Å². The quantitative estimate of drug-likeness (QED) is 0.197. The molecule has 3 N–H and O–H groups in total. The van der Waals surface area contributed by atoms with Crippen molar-refractivity contribution in [2.45, 2.75) is 39.9 Å². The molecule has 0 heterocycles. The highest BCUT2D eigenvalue weighted by Crippen LogP contribution is 2.37. The fourth-order valence-corrected chi connectivity index (χ4v) is 3.89. The average Bonchev–Trinajstić information content (AvgIpc) is 2.92. The molecule has 0 saturated carbocycles. The fourth-order valence-electron chi connectivity index (χ4n) is 3.57. The van der Waals surface area contributed by atoms with Gasteiger partial charge >= 0.3 is 6.18 Å². The molecule has 3 aromatic rings. The predicted octanol–water partition coefficient (Wildman–Crippen LogP) is 7.66. The summed E-state index contributed by atoms with van der Waals surface area (Å²) >= 11 is 12.2. The number of hydrogen-bond donors (Lipinski definition) is 3. The summed E-state index contributed by atoms with van der Waals surface area (Å²) in [4.78, 5) is 38.3. The molecule has 0 aliphatic heterocycles. The van der Waals surface area contributed by atoms with Crippen LogP contribution in [-0.2, 0) is 11.3 Å². The van der Waals surface area contributed by atoms with E-state index in [1.807, 2.05) is 0 Å². The van der Waals surface area contributed by atoms with E-state index >= 15 is 0 Å². The van der Waals surface area contributed by atoms with Crippen LogP contribution in [0.5, 0.6) is 5.75 Å². The van der Waals surface area contributed by atoms with E-state index in [-0.39, 0.29) is 39.7 Å².